The van der Waals surface area contributed by atoms with Crippen molar-refractivity contribution in [1.82, 2.24) is 5.32 Å². The molecule has 12 heavy (non-hydrogen) atoms. The highest BCUT2D eigenvalue weighted by molar-refractivity contribution is 7.07. The van der Waals surface area contributed by atoms with Gasteiger partial charge in [-0.1, -0.05) is 0 Å². The van der Waals surface area contributed by atoms with Crippen molar-refractivity contribution in [3.8, 4) is 0 Å². The smallest absolute Gasteiger partial charge is 0.0213 e. The van der Waals surface area contributed by atoms with Crippen molar-refractivity contribution in [3.63, 3.8) is 0 Å². The van der Waals surface area contributed by atoms with Crippen molar-refractivity contribution < 1.29 is 0 Å². The summed E-state index contributed by atoms with van der Waals surface area (Å²) in [6, 6.07) is 2.15. The Bertz CT molecular complexity index is 184. The van der Waals surface area contributed by atoms with E-state index >= 15 is 0 Å². The molecule has 68 valence electrons. The monoisotopic (exact) mass is 184 g/mol. The molecule has 0 aliphatic carbocycles. The maximum Gasteiger partial charge on any atom is 0.0213 e. The second-order valence-corrected chi connectivity index (χ2v) is 3.58. The zero-order chi connectivity index (χ0) is 8.65. The van der Waals surface area contributed by atoms with Crippen LogP contribution in [0.2, 0.25) is 0 Å². The number of nitrogens with two attached hydrogens (primary N) is 1. The van der Waals surface area contributed by atoms with E-state index in [1.807, 2.05) is 0 Å². The fourth-order valence-corrected chi connectivity index (χ4v) is 1.69. The number of hydrogen-bond donors (Lipinski definition) is 2. The predicted molar refractivity (Wildman–Crippen MR) is 54.3 cm³/mol. The van der Waals surface area contributed by atoms with Gasteiger partial charge in [-0.3, -0.25) is 0 Å². The Hall–Kier alpha value is -0.380. The fourth-order valence-electron chi connectivity index (χ4n) is 1.02. The maximum atomic E-state index is 5.38. The van der Waals surface area contributed by atoms with Crippen molar-refractivity contribution in [1.29, 1.82) is 0 Å². The SMILES string of the molecule is NCCCCNCc1ccsc1. The maximum absolute atomic E-state index is 5.38. The zero-order valence-corrected chi connectivity index (χ0v) is 8.07. The molecule has 1 heterocycles. The first-order chi connectivity index (χ1) is 5.93. The standard InChI is InChI=1S/C9H16N2S/c10-4-1-2-5-11-7-9-3-6-12-8-9/h3,6,8,11H,1-2,4-5,7,10H2. The van der Waals surface area contributed by atoms with E-state index in [0.717, 1.165) is 26.1 Å². The third-order valence-electron chi connectivity index (χ3n) is 1.72. The Morgan fingerprint density at radius 2 is 2.33 bits per heavy atom. The van der Waals surface area contributed by atoms with Crippen LogP contribution < -0.4 is 11.1 Å². The van der Waals surface area contributed by atoms with Crippen LogP contribution in [0.5, 0.6) is 0 Å². The first-order valence-corrected chi connectivity index (χ1v) is 5.29. The summed E-state index contributed by atoms with van der Waals surface area (Å²) in [5.74, 6) is 0. The van der Waals surface area contributed by atoms with Gasteiger partial charge in [-0.2, -0.15) is 11.3 Å². The second-order valence-electron chi connectivity index (χ2n) is 2.80. The van der Waals surface area contributed by atoms with E-state index in [2.05, 4.69) is 22.1 Å². The van der Waals surface area contributed by atoms with Crippen molar-refractivity contribution in [2.24, 2.45) is 5.73 Å². The normalized spacial score (nSPS) is 10.4. The van der Waals surface area contributed by atoms with Gasteiger partial charge in [0.2, 0.25) is 0 Å². The van der Waals surface area contributed by atoms with Gasteiger partial charge in [0.25, 0.3) is 0 Å². The molecule has 0 saturated heterocycles. The van der Waals surface area contributed by atoms with Crippen LogP contribution in [0, 0.1) is 0 Å². The molecule has 0 aliphatic rings. The van der Waals surface area contributed by atoms with Crippen LogP contribution in [0.4, 0.5) is 0 Å². The summed E-state index contributed by atoms with van der Waals surface area (Å²) in [5, 5.41) is 7.66. The molecule has 0 radical (unpaired) electrons. The van der Waals surface area contributed by atoms with Crippen LogP contribution in [-0.4, -0.2) is 13.1 Å². The lowest BCUT2D eigenvalue weighted by molar-refractivity contribution is 0.628. The number of nitrogens with one attached hydrogen (secondary N) is 1. The molecule has 1 aromatic heterocycles. The highest BCUT2D eigenvalue weighted by Crippen LogP contribution is 2.04. The van der Waals surface area contributed by atoms with Gasteiger partial charge < -0.3 is 11.1 Å². The number of thiophene rings is 1. The molecule has 2 nitrogen and oxygen atoms in total. The van der Waals surface area contributed by atoms with Gasteiger partial charge in [0.1, 0.15) is 0 Å². The third kappa shape index (κ3) is 3.85. The van der Waals surface area contributed by atoms with Crippen LogP contribution in [0.15, 0.2) is 16.8 Å². The molecule has 0 atom stereocenters. The molecule has 0 bridgehead atoms. The number of hydrogen-bond acceptors (Lipinski definition) is 3. The summed E-state index contributed by atoms with van der Waals surface area (Å²) in [6.07, 6.45) is 2.30. The average molecular weight is 184 g/mol. The molecular formula is C9H16N2S. The van der Waals surface area contributed by atoms with Crippen LogP contribution in [0.1, 0.15) is 18.4 Å². The van der Waals surface area contributed by atoms with Crippen molar-refractivity contribution in [2.75, 3.05) is 13.1 Å². The van der Waals surface area contributed by atoms with Crippen LogP contribution in [0.3, 0.4) is 0 Å². The quantitative estimate of drug-likeness (QED) is 0.659. The van der Waals surface area contributed by atoms with E-state index in [4.69, 9.17) is 5.73 Å². The molecule has 1 aromatic rings. The molecule has 0 fully saturated rings. The minimum atomic E-state index is 0.806. The van der Waals surface area contributed by atoms with Gasteiger partial charge in [0.15, 0.2) is 0 Å². The highest BCUT2D eigenvalue weighted by atomic mass is 32.1. The van der Waals surface area contributed by atoms with E-state index in [1.54, 1.807) is 11.3 Å². The molecule has 0 amide bonds. The Morgan fingerprint density at radius 1 is 1.42 bits per heavy atom. The fraction of sp³-hybridized carbons (Fsp3) is 0.556. The zero-order valence-electron chi connectivity index (χ0n) is 7.25. The molecule has 0 saturated carbocycles. The molecule has 0 aliphatic heterocycles. The summed E-state index contributed by atoms with van der Waals surface area (Å²) in [4.78, 5) is 0. The van der Waals surface area contributed by atoms with Gasteiger partial charge in [0.05, 0.1) is 0 Å². The van der Waals surface area contributed by atoms with E-state index < -0.39 is 0 Å². The van der Waals surface area contributed by atoms with E-state index in [1.165, 1.54) is 12.0 Å². The summed E-state index contributed by atoms with van der Waals surface area (Å²) in [7, 11) is 0. The van der Waals surface area contributed by atoms with Crippen LogP contribution in [-0.2, 0) is 6.54 Å². The largest absolute Gasteiger partial charge is 0.330 e. The molecule has 1 rings (SSSR count). The van der Waals surface area contributed by atoms with E-state index in [-0.39, 0.29) is 0 Å². The lowest BCUT2D eigenvalue weighted by atomic mass is 10.3. The van der Waals surface area contributed by atoms with Crippen molar-refractivity contribution >= 4 is 11.3 Å². The molecule has 0 unspecified atom stereocenters. The minimum Gasteiger partial charge on any atom is -0.330 e. The molecule has 3 N–H and O–H groups in total. The van der Waals surface area contributed by atoms with Crippen molar-refractivity contribution in [3.05, 3.63) is 22.4 Å². The minimum absolute atomic E-state index is 0.806. The van der Waals surface area contributed by atoms with Crippen LogP contribution >= 0.6 is 11.3 Å². The van der Waals surface area contributed by atoms with Gasteiger partial charge in [-0.15, -0.1) is 0 Å². The lowest BCUT2D eigenvalue weighted by Gasteiger charge is -2.01. The summed E-state index contributed by atoms with van der Waals surface area (Å²) >= 11 is 1.75. The molecule has 0 aromatic carbocycles. The van der Waals surface area contributed by atoms with E-state index in [9.17, 15) is 0 Å². The summed E-state index contributed by atoms with van der Waals surface area (Å²) in [6.45, 7) is 2.88. The Morgan fingerprint density at radius 3 is 3.00 bits per heavy atom. The van der Waals surface area contributed by atoms with Crippen LogP contribution in [0.25, 0.3) is 0 Å². The summed E-state index contributed by atoms with van der Waals surface area (Å²) in [5.41, 5.74) is 6.76. The Balaban J connectivity index is 1.96. The third-order valence-corrected chi connectivity index (χ3v) is 2.45. The number of unbranched alkanes of at least 4 members (excludes halogenated alkanes) is 1. The predicted octanol–water partition coefficient (Wildman–Crippen LogP) is 1.58. The van der Waals surface area contributed by atoms with Gasteiger partial charge >= 0.3 is 0 Å². The van der Waals surface area contributed by atoms with Gasteiger partial charge in [-0.25, -0.2) is 0 Å². The molecule has 3 heteroatoms. The second kappa shape index (κ2) is 6.17. The van der Waals surface area contributed by atoms with Crippen molar-refractivity contribution in [2.45, 2.75) is 19.4 Å². The first-order valence-electron chi connectivity index (χ1n) is 4.35. The first kappa shape index (κ1) is 9.71. The van der Waals surface area contributed by atoms with E-state index in [0.29, 0.717) is 0 Å². The van der Waals surface area contributed by atoms with Gasteiger partial charge in [-0.05, 0) is 48.3 Å². The highest BCUT2D eigenvalue weighted by Gasteiger charge is 1.91. The average Bonchev–Trinajstić information content (AvgIpc) is 2.57. The Labute approximate surface area is 77.8 Å². The topological polar surface area (TPSA) is 38.0 Å². The van der Waals surface area contributed by atoms with Gasteiger partial charge in [0, 0.05) is 6.54 Å². The molecule has 0 spiro atoms. The summed E-state index contributed by atoms with van der Waals surface area (Å²) < 4.78 is 0. The molecular weight excluding hydrogens is 168 g/mol. The Kier molecular flexibility index (Phi) is 4.99. The lowest BCUT2D eigenvalue weighted by Crippen LogP contribution is -2.15. The number of rotatable bonds is 6.